The minimum atomic E-state index is 0.565. The minimum absolute atomic E-state index is 0.565. The lowest BCUT2D eigenvalue weighted by Gasteiger charge is -2.17. The van der Waals surface area contributed by atoms with E-state index in [1.807, 2.05) is 60.7 Å². The monoisotopic (exact) mass is 232 g/mol. The zero-order chi connectivity index (χ0) is 11.2. The topological polar surface area (TPSA) is 15.3 Å². The zero-order valence-corrected chi connectivity index (χ0v) is 9.56. The van der Waals surface area contributed by atoms with E-state index in [0.717, 1.165) is 11.4 Å². The second-order valence-electron chi connectivity index (χ2n) is 3.40. The minimum Gasteiger partial charge on any atom is -0.367 e. The summed E-state index contributed by atoms with van der Waals surface area (Å²) in [6.45, 7) is 0.565. The largest absolute Gasteiger partial charge is 0.367 e. The molecule has 0 saturated carbocycles. The molecular weight excluding hydrogens is 220 g/mol. The molecule has 0 saturated heterocycles. The van der Waals surface area contributed by atoms with Crippen molar-refractivity contribution >= 4 is 23.2 Å². The first-order valence-corrected chi connectivity index (χ1v) is 5.47. The Kier molecular flexibility index (Phi) is 3.67. The van der Waals surface area contributed by atoms with Gasteiger partial charge in [-0.15, -0.1) is 0 Å². The Morgan fingerprint density at radius 1 is 0.875 bits per heavy atom. The summed E-state index contributed by atoms with van der Waals surface area (Å²) in [5.74, 6) is 0. The lowest BCUT2D eigenvalue weighted by atomic mass is 10.3. The van der Waals surface area contributed by atoms with Crippen LogP contribution in [-0.4, -0.2) is 6.67 Å². The summed E-state index contributed by atoms with van der Waals surface area (Å²) in [4.78, 5) is 0. The lowest BCUT2D eigenvalue weighted by molar-refractivity contribution is 1.11. The standard InChI is InChI=1S/C13H13ClN2/c14-16(13-9-5-2-6-10-13)11-15-12-7-3-1-4-8-12/h1-10,15H,11H2. The van der Waals surface area contributed by atoms with Crippen LogP contribution in [0.2, 0.25) is 0 Å². The van der Waals surface area contributed by atoms with E-state index in [-0.39, 0.29) is 0 Å². The first-order chi connectivity index (χ1) is 7.86. The highest BCUT2D eigenvalue weighted by molar-refractivity contribution is 6.25. The summed E-state index contributed by atoms with van der Waals surface area (Å²) in [7, 11) is 0. The van der Waals surface area contributed by atoms with Gasteiger partial charge >= 0.3 is 0 Å². The normalized spacial score (nSPS) is 9.81. The predicted octanol–water partition coefficient (Wildman–Crippen LogP) is 3.72. The van der Waals surface area contributed by atoms with Crippen molar-refractivity contribution in [3.8, 4) is 0 Å². The molecule has 0 heterocycles. The number of para-hydroxylation sites is 2. The van der Waals surface area contributed by atoms with Crippen LogP contribution in [0.25, 0.3) is 0 Å². The van der Waals surface area contributed by atoms with Gasteiger partial charge in [-0.1, -0.05) is 36.4 Å². The first-order valence-electron chi connectivity index (χ1n) is 5.13. The third kappa shape index (κ3) is 2.91. The van der Waals surface area contributed by atoms with Crippen LogP contribution >= 0.6 is 11.8 Å². The molecule has 0 bridgehead atoms. The number of nitrogens with zero attached hydrogens (tertiary/aromatic N) is 1. The van der Waals surface area contributed by atoms with E-state index < -0.39 is 0 Å². The molecule has 82 valence electrons. The average molecular weight is 233 g/mol. The molecule has 0 aliphatic carbocycles. The molecule has 0 fully saturated rings. The van der Waals surface area contributed by atoms with Gasteiger partial charge in [-0.2, -0.15) is 0 Å². The summed E-state index contributed by atoms with van der Waals surface area (Å²) in [5, 5.41) is 3.24. The van der Waals surface area contributed by atoms with Gasteiger partial charge in [0.05, 0.1) is 5.69 Å². The van der Waals surface area contributed by atoms with Crippen LogP contribution in [0.3, 0.4) is 0 Å². The first kappa shape index (κ1) is 10.8. The van der Waals surface area contributed by atoms with Crippen LogP contribution in [0.1, 0.15) is 0 Å². The Morgan fingerprint density at radius 3 is 2.06 bits per heavy atom. The van der Waals surface area contributed by atoms with Crippen molar-refractivity contribution in [1.82, 2.24) is 0 Å². The quantitative estimate of drug-likeness (QED) is 0.639. The number of hydrogen-bond donors (Lipinski definition) is 1. The van der Waals surface area contributed by atoms with E-state index in [9.17, 15) is 0 Å². The van der Waals surface area contributed by atoms with Crippen LogP contribution in [0.4, 0.5) is 11.4 Å². The molecule has 2 aromatic carbocycles. The Hall–Kier alpha value is -1.67. The molecule has 0 amide bonds. The second-order valence-corrected chi connectivity index (χ2v) is 3.81. The van der Waals surface area contributed by atoms with Crippen LogP contribution in [0.15, 0.2) is 60.7 Å². The number of anilines is 2. The number of nitrogens with one attached hydrogen (secondary N) is 1. The maximum Gasteiger partial charge on any atom is 0.103 e. The van der Waals surface area contributed by atoms with Crippen molar-refractivity contribution < 1.29 is 0 Å². The Bertz CT molecular complexity index is 416. The fourth-order valence-corrected chi connectivity index (χ4v) is 1.57. The highest BCUT2D eigenvalue weighted by atomic mass is 35.5. The number of halogens is 1. The van der Waals surface area contributed by atoms with Gasteiger partial charge in [0.2, 0.25) is 0 Å². The van der Waals surface area contributed by atoms with Crippen molar-refractivity contribution in [2.45, 2.75) is 0 Å². The SMILES string of the molecule is ClN(CNc1ccccc1)c1ccccc1. The van der Waals surface area contributed by atoms with Gasteiger partial charge in [-0.3, -0.25) is 4.42 Å². The molecule has 0 unspecified atom stereocenters. The summed E-state index contributed by atoms with van der Waals surface area (Å²) in [5.41, 5.74) is 2.04. The molecule has 0 spiro atoms. The number of rotatable bonds is 4. The predicted molar refractivity (Wildman–Crippen MR) is 69.7 cm³/mol. The third-order valence-electron chi connectivity index (χ3n) is 2.23. The molecule has 2 aromatic rings. The van der Waals surface area contributed by atoms with Crippen LogP contribution < -0.4 is 9.74 Å². The Balaban J connectivity index is 1.92. The highest BCUT2D eigenvalue weighted by Crippen LogP contribution is 2.15. The summed E-state index contributed by atoms with van der Waals surface area (Å²) >= 11 is 6.13. The van der Waals surface area contributed by atoms with Crippen molar-refractivity contribution in [1.29, 1.82) is 0 Å². The van der Waals surface area contributed by atoms with Crippen molar-refractivity contribution in [2.24, 2.45) is 0 Å². The molecule has 0 radical (unpaired) electrons. The van der Waals surface area contributed by atoms with Gasteiger partial charge in [-0.25, -0.2) is 0 Å². The molecular formula is C13H13ClN2. The molecule has 0 atom stereocenters. The van der Waals surface area contributed by atoms with Gasteiger partial charge < -0.3 is 5.32 Å². The molecule has 0 aliphatic rings. The smallest absolute Gasteiger partial charge is 0.103 e. The Morgan fingerprint density at radius 2 is 1.44 bits per heavy atom. The number of benzene rings is 2. The maximum absolute atomic E-state index is 6.13. The van der Waals surface area contributed by atoms with Gasteiger partial charge in [-0.05, 0) is 24.3 Å². The molecule has 3 heteroatoms. The lowest BCUT2D eigenvalue weighted by Crippen LogP contribution is -2.19. The molecule has 2 nitrogen and oxygen atoms in total. The second kappa shape index (κ2) is 5.42. The van der Waals surface area contributed by atoms with Gasteiger partial charge in [0.25, 0.3) is 0 Å². The van der Waals surface area contributed by atoms with Crippen molar-refractivity contribution in [3.63, 3.8) is 0 Å². The maximum atomic E-state index is 6.13. The van der Waals surface area contributed by atoms with E-state index in [1.54, 1.807) is 4.42 Å². The fourth-order valence-electron chi connectivity index (χ4n) is 1.40. The molecule has 0 aliphatic heterocycles. The average Bonchev–Trinajstić information content (AvgIpc) is 2.38. The van der Waals surface area contributed by atoms with Gasteiger partial charge in [0, 0.05) is 17.5 Å². The molecule has 16 heavy (non-hydrogen) atoms. The van der Waals surface area contributed by atoms with E-state index in [1.165, 1.54) is 0 Å². The zero-order valence-electron chi connectivity index (χ0n) is 8.81. The molecule has 0 aromatic heterocycles. The van der Waals surface area contributed by atoms with Crippen molar-refractivity contribution in [2.75, 3.05) is 16.4 Å². The van der Waals surface area contributed by atoms with E-state index in [2.05, 4.69) is 5.32 Å². The molecule has 1 N–H and O–H groups in total. The number of hydrogen-bond acceptors (Lipinski definition) is 2. The summed E-state index contributed by atoms with van der Waals surface area (Å²) in [6, 6.07) is 19.8. The molecule has 2 rings (SSSR count). The van der Waals surface area contributed by atoms with E-state index >= 15 is 0 Å². The summed E-state index contributed by atoms with van der Waals surface area (Å²) < 4.78 is 1.65. The van der Waals surface area contributed by atoms with Crippen LogP contribution in [0, 0.1) is 0 Å². The summed E-state index contributed by atoms with van der Waals surface area (Å²) in [6.07, 6.45) is 0. The van der Waals surface area contributed by atoms with E-state index in [0.29, 0.717) is 6.67 Å². The van der Waals surface area contributed by atoms with Crippen molar-refractivity contribution in [3.05, 3.63) is 60.7 Å². The van der Waals surface area contributed by atoms with E-state index in [4.69, 9.17) is 11.8 Å². The van der Waals surface area contributed by atoms with Crippen LogP contribution in [-0.2, 0) is 0 Å². The Labute approximate surface area is 101 Å². The fraction of sp³-hybridized carbons (Fsp3) is 0.0769. The van der Waals surface area contributed by atoms with Gasteiger partial charge in [0.1, 0.15) is 6.67 Å². The van der Waals surface area contributed by atoms with Crippen LogP contribution in [0.5, 0.6) is 0 Å². The van der Waals surface area contributed by atoms with Gasteiger partial charge in [0.15, 0.2) is 0 Å². The third-order valence-corrected chi connectivity index (χ3v) is 2.55. The highest BCUT2D eigenvalue weighted by Gasteiger charge is 2.00.